The van der Waals surface area contributed by atoms with Crippen LogP contribution in [0.4, 0.5) is 0 Å². The molecule has 32 heavy (non-hydrogen) atoms. The van der Waals surface area contributed by atoms with E-state index in [0.717, 1.165) is 5.56 Å². The molecule has 1 aromatic heterocycles. The molecule has 1 amide bonds. The molecule has 0 fully saturated rings. The number of nitrogens with one attached hydrogen (secondary N) is 1. The van der Waals surface area contributed by atoms with E-state index in [1.54, 1.807) is 24.3 Å². The minimum atomic E-state index is -0.323. The zero-order valence-electron chi connectivity index (χ0n) is 17.2. The lowest BCUT2D eigenvalue weighted by Crippen LogP contribution is -2.24. The number of aromatic nitrogens is 2. The number of carbonyl (C=O) groups is 1. The number of amides is 1. The van der Waals surface area contributed by atoms with Gasteiger partial charge >= 0.3 is 0 Å². The fourth-order valence-corrected chi connectivity index (χ4v) is 4.04. The monoisotopic (exact) mass is 462 g/mol. The molecule has 0 unspecified atom stereocenters. The highest BCUT2D eigenvalue weighted by molar-refractivity contribution is 7.99. The van der Waals surface area contributed by atoms with Gasteiger partial charge in [0.1, 0.15) is 0 Å². The predicted molar refractivity (Wildman–Crippen MR) is 130 cm³/mol. The minimum Gasteiger partial charge on any atom is -0.272 e. The Morgan fingerprint density at radius 2 is 1.81 bits per heavy atom. The molecule has 0 aliphatic heterocycles. The molecule has 1 N–H and O–H groups in total. The van der Waals surface area contributed by atoms with E-state index in [1.165, 1.54) is 22.5 Å². The molecule has 0 aliphatic carbocycles. The van der Waals surface area contributed by atoms with Crippen LogP contribution in [0.25, 0.3) is 16.6 Å². The maximum Gasteiger partial charge on any atom is 0.266 e. The van der Waals surface area contributed by atoms with Crippen molar-refractivity contribution >= 4 is 46.4 Å². The van der Waals surface area contributed by atoms with Crippen molar-refractivity contribution in [3.8, 4) is 5.69 Å². The number of fused-ring (bicyclic) bond motifs is 1. The van der Waals surface area contributed by atoms with Gasteiger partial charge in [0.2, 0.25) is 0 Å². The molecule has 0 saturated heterocycles. The largest absolute Gasteiger partial charge is 0.272 e. The van der Waals surface area contributed by atoms with Crippen LogP contribution in [0.1, 0.15) is 11.1 Å². The van der Waals surface area contributed by atoms with Crippen LogP contribution in [0.15, 0.2) is 87.8 Å². The van der Waals surface area contributed by atoms with Crippen molar-refractivity contribution in [1.29, 1.82) is 0 Å². The van der Waals surface area contributed by atoms with Crippen LogP contribution in [0.5, 0.6) is 0 Å². The summed E-state index contributed by atoms with van der Waals surface area (Å²) in [5, 5.41) is 5.46. The third-order valence-electron chi connectivity index (χ3n) is 4.67. The number of nitrogens with zero attached hydrogens (tertiary/aromatic N) is 3. The van der Waals surface area contributed by atoms with Gasteiger partial charge in [-0.3, -0.25) is 14.2 Å². The SMILES string of the molecule is Cc1ccc(-n2c(SCC(=O)N/N=C/c3ccccc3Cl)nc3ccccc3c2=O)cc1. The van der Waals surface area contributed by atoms with Crippen LogP contribution in [-0.4, -0.2) is 27.4 Å². The molecule has 0 radical (unpaired) electrons. The fourth-order valence-electron chi connectivity index (χ4n) is 3.05. The first-order valence-corrected chi connectivity index (χ1v) is 11.2. The predicted octanol–water partition coefficient (Wildman–Crippen LogP) is 4.59. The van der Waals surface area contributed by atoms with Gasteiger partial charge in [-0.1, -0.05) is 71.4 Å². The molecule has 1 heterocycles. The van der Waals surface area contributed by atoms with Crippen molar-refractivity contribution in [1.82, 2.24) is 15.0 Å². The van der Waals surface area contributed by atoms with Gasteiger partial charge in [0.15, 0.2) is 5.16 Å². The molecule has 160 valence electrons. The number of hydrogen-bond donors (Lipinski definition) is 1. The summed E-state index contributed by atoms with van der Waals surface area (Å²) in [6.45, 7) is 1.98. The summed E-state index contributed by atoms with van der Waals surface area (Å²) in [5.74, 6) is -0.285. The van der Waals surface area contributed by atoms with E-state index in [9.17, 15) is 9.59 Å². The number of hydrazone groups is 1. The lowest BCUT2D eigenvalue weighted by molar-refractivity contribution is -0.118. The highest BCUT2D eigenvalue weighted by atomic mass is 35.5. The molecule has 0 spiro atoms. The van der Waals surface area contributed by atoms with E-state index in [4.69, 9.17) is 11.6 Å². The van der Waals surface area contributed by atoms with Crippen LogP contribution in [0, 0.1) is 6.92 Å². The van der Waals surface area contributed by atoms with Gasteiger partial charge in [0.25, 0.3) is 11.5 Å². The number of para-hydroxylation sites is 1. The van der Waals surface area contributed by atoms with Gasteiger partial charge in [-0.05, 0) is 37.3 Å². The molecule has 0 atom stereocenters. The number of thioether (sulfide) groups is 1. The Hall–Kier alpha value is -3.42. The Morgan fingerprint density at radius 3 is 2.59 bits per heavy atom. The molecule has 4 rings (SSSR count). The number of halogens is 1. The fraction of sp³-hybridized carbons (Fsp3) is 0.0833. The molecular formula is C24H19ClN4O2S. The van der Waals surface area contributed by atoms with Crippen LogP contribution in [0.3, 0.4) is 0 Å². The topological polar surface area (TPSA) is 76.3 Å². The van der Waals surface area contributed by atoms with Gasteiger partial charge < -0.3 is 0 Å². The molecule has 0 bridgehead atoms. The van der Waals surface area contributed by atoms with Gasteiger partial charge in [-0.2, -0.15) is 5.10 Å². The Morgan fingerprint density at radius 1 is 1.09 bits per heavy atom. The molecular weight excluding hydrogens is 444 g/mol. The standard InChI is InChI=1S/C24H19ClN4O2S/c1-16-10-12-18(13-11-16)29-23(31)19-7-3-5-9-21(19)27-24(29)32-15-22(30)28-26-14-17-6-2-4-8-20(17)25/h2-14H,15H2,1H3,(H,28,30)/b26-14+. The normalized spacial score (nSPS) is 11.2. The summed E-state index contributed by atoms with van der Waals surface area (Å²) in [5.41, 5.74) is 5.36. The first kappa shape index (κ1) is 21.8. The molecule has 3 aromatic carbocycles. The second-order valence-electron chi connectivity index (χ2n) is 6.99. The lowest BCUT2D eigenvalue weighted by Gasteiger charge is -2.13. The van der Waals surface area contributed by atoms with Gasteiger partial charge in [0.05, 0.1) is 28.6 Å². The second kappa shape index (κ2) is 9.80. The molecule has 8 heteroatoms. The summed E-state index contributed by atoms with van der Waals surface area (Å²) >= 11 is 7.25. The van der Waals surface area contributed by atoms with Crippen molar-refractivity contribution in [3.05, 3.63) is 99.3 Å². The van der Waals surface area contributed by atoms with Crippen molar-refractivity contribution in [2.24, 2.45) is 5.10 Å². The van der Waals surface area contributed by atoms with E-state index in [2.05, 4.69) is 15.5 Å². The number of hydrogen-bond acceptors (Lipinski definition) is 5. The molecule has 0 saturated carbocycles. The zero-order valence-corrected chi connectivity index (χ0v) is 18.7. The Labute approximate surface area is 194 Å². The Bertz CT molecular complexity index is 1370. The molecule has 6 nitrogen and oxygen atoms in total. The smallest absolute Gasteiger partial charge is 0.266 e. The van der Waals surface area contributed by atoms with Crippen molar-refractivity contribution < 1.29 is 4.79 Å². The van der Waals surface area contributed by atoms with Crippen LogP contribution in [0.2, 0.25) is 5.02 Å². The van der Waals surface area contributed by atoms with Gasteiger partial charge in [0, 0.05) is 10.6 Å². The van der Waals surface area contributed by atoms with E-state index < -0.39 is 0 Å². The van der Waals surface area contributed by atoms with Crippen molar-refractivity contribution in [3.63, 3.8) is 0 Å². The third kappa shape index (κ3) is 4.90. The quantitative estimate of drug-likeness (QED) is 0.197. The number of aryl methyl sites for hydroxylation is 1. The zero-order chi connectivity index (χ0) is 22.5. The van der Waals surface area contributed by atoms with E-state index >= 15 is 0 Å². The number of benzene rings is 3. The van der Waals surface area contributed by atoms with Crippen LogP contribution >= 0.6 is 23.4 Å². The van der Waals surface area contributed by atoms with Gasteiger partial charge in [-0.25, -0.2) is 10.4 Å². The summed E-state index contributed by atoms with van der Waals surface area (Å²) in [6, 6.07) is 22.0. The summed E-state index contributed by atoms with van der Waals surface area (Å²) in [7, 11) is 0. The minimum absolute atomic E-state index is 0.0382. The summed E-state index contributed by atoms with van der Waals surface area (Å²) in [6.07, 6.45) is 1.49. The highest BCUT2D eigenvalue weighted by Gasteiger charge is 2.14. The second-order valence-corrected chi connectivity index (χ2v) is 8.34. The van der Waals surface area contributed by atoms with E-state index in [0.29, 0.717) is 32.3 Å². The van der Waals surface area contributed by atoms with Crippen molar-refractivity contribution in [2.45, 2.75) is 12.1 Å². The summed E-state index contributed by atoms with van der Waals surface area (Å²) in [4.78, 5) is 30.2. The summed E-state index contributed by atoms with van der Waals surface area (Å²) < 4.78 is 1.53. The molecule has 0 aliphatic rings. The van der Waals surface area contributed by atoms with Crippen LogP contribution in [-0.2, 0) is 4.79 Å². The Kier molecular flexibility index (Phi) is 6.68. The Balaban J connectivity index is 1.57. The molecule has 4 aromatic rings. The average Bonchev–Trinajstić information content (AvgIpc) is 2.80. The van der Waals surface area contributed by atoms with Gasteiger partial charge in [-0.15, -0.1) is 0 Å². The van der Waals surface area contributed by atoms with E-state index in [-0.39, 0.29) is 17.2 Å². The van der Waals surface area contributed by atoms with Crippen molar-refractivity contribution in [2.75, 3.05) is 5.75 Å². The van der Waals surface area contributed by atoms with Crippen LogP contribution < -0.4 is 11.0 Å². The number of rotatable bonds is 6. The first-order valence-electron chi connectivity index (χ1n) is 9.81. The maximum atomic E-state index is 13.2. The lowest BCUT2D eigenvalue weighted by atomic mass is 10.2. The number of carbonyl (C=O) groups excluding carboxylic acids is 1. The highest BCUT2D eigenvalue weighted by Crippen LogP contribution is 2.21. The van der Waals surface area contributed by atoms with E-state index in [1.807, 2.05) is 55.5 Å². The third-order valence-corrected chi connectivity index (χ3v) is 5.95. The first-order chi connectivity index (χ1) is 15.5. The average molecular weight is 463 g/mol. The maximum absolute atomic E-state index is 13.2.